The first-order valence-corrected chi connectivity index (χ1v) is 23.4. The Bertz CT molecular complexity index is 1550. The van der Waals surface area contributed by atoms with Crippen molar-refractivity contribution in [2.24, 2.45) is 52.3 Å². The van der Waals surface area contributed by atoms with E-state index in [0.29, 0.717) is 43.4 Å². The summed E-state index contributed by atoms with van der Waals surface area (Å²) in [5.41, 5.74) is -0.257. The minimum Gasteiger partial charge on any atom is -0.394 e. The molecule has 8 fully saturated rings. The summed E-state index contributed by atoms with van der Waals surface area (Å²) < 4.78 is 41.5. The Balaban J connectivity index is 0.880. The van der Waals surface area contributed by atoms with Gasteiger partial charge in [-0.25, -0.2) is 0 Å². The normalized spacial score (nSPS) is 56.3. The van der Waals surface area contributed by atoms with Gasteiger partial charge >= 0.3 is 0 Å². The van der Waals surface area contributed by atoms with Crippen LogP contribution in [-0.4, -0.2) is 198 Å². The molecule has 8 aliphatic rings. The van der Waals surface area contributed by atoms with Gasteiger partial charge in [0.1, 0.15) is 67.1 Å². The molecule has 4 heterocycles. The fourth-order valence-corrected chi connectivity index (χ4v) is 13.9. The van der Waals surface area contributed by atoms with Crippen molar-refractivity contribution >= 4 is 0 Å². The van der Waals surface area contributed by atoms with E-state index in [9.17, 15) is 61.3 Å². The standard InChI is InChI=1S/C44H74O19/c1-18(16-57-39-37(55)34(52)32(50)28(14-45)60-39)7-10-44(56)19(2)30-27(63-44)12-23-21-6-5-20-11-26(24(47)13-43(20,4)22(21)8-9-42(23,30)3)59-41-38(35(53)33(51)29(15-46)61-41)62-40-36(54)31(49)25(48)17-58-40/h18-41,45-56H,5-17H2,1-4H3/t18-,19+,20+,21-,22+,23-,24-,25-,26-,27+,28-,29-,30+,31+,32-,33-,34+,35+,36-,37-,38-,39-,40+,41-,42+,43+,44-/m1/s1. The number of hydrogen-bond donors (Lipinski definition) is 12. The SMILES string of the molecule is C[C@H](CC[C@@]1(O)O[C@H]2C[C@@H]3[C@@H]4CC[C@H]5C[C@@H](O[C@@H]6O[C@H](CO)[C@@H](O)[C@H](O)[C@H]6O[C@@H]6OC[C@@H](O)[C@H](O)[C@H]6O)[C@H](O)C[C@]5(C)[C@H]4CC[C@]3(C)[C@H]2[C@@H]1C)CO[C@@H]1O[C@H](CO)[C@@H](O)[C@H](O)[C@H]1O. The van der Waals surface area contributed by atoms with Crippen LogP contribution in [0, 0.1) is 52.3 Å². The summed E-state index contributed by atoms with van der Waals surface area (Å²) in [7, 11) is 0. The van der Waals surface area contributed by atoms with Crippen LogP contribution >= 0.6 is 0 Å². The molecule has 0 aromatic carbocycles. The van der Waals surface area contributed by atoms with E-state index in [-0.39, 0.29) is 53.8 Å². The Morgan fingerprint density at radius 3 is 2.06 bits per heavy atom. The Kier molecular flexibility index (Phi) is 14.4. The number of aliphatic hydroxyl groups excluding tert-OH is 11. The lowest BCUT2D eigenvalue weighted by molar-refractivity contribution is -0.367. The number of aliphatic hydroxyl groups is 12. The molecule has 19 nitrogen and oxygen atoms in total. The van der Waals surface area contributed by atoms with Crippen molar-refractivity contribution in [1.82, 2.24) is 0 Å². The van der Waals surface area contributed by atoms with Crippen LogP contribution in [0.15, 0.2) is 0 Å². The first kappa shape index (κ1) is 48.7. The molecular weight excluding hydrogens is 832 g/mol. The second-order valence-corrected chi connectivity index (χ2v) is 21.2. The minimum atomic E-state index is -1.68. The molecule has 4 aliphatic heterocycles. The first-order chi connectivity index (χ1) is 29.8. The first-order valence-electron chi connectivity index (χ1n) is 23.4. The van der Waals surface area contributed by atoms with Gasteiger partial charge in [-0.05, 0) is 97.7 Å². The molecule has 0 bridgehead atoms. The largest absolute Gasteiger partial charge is 0.394 e. The second-order valence-electron chi connectivity index (χ2n) is 21.2. The van der Waals surface area contributed by atoms with Crippen LogP contribution in [0.5, 0.6) is 0 Å². The molecule has 27 atom stereocenters. The van der Waals surface area contributed by atoms with Crippen LogP contribution in [0.3, 0.4) is 0 Å². The van der Waals surface area contributed by atoms with Gasteiger partial charge in [0.05, 0.1) is 44.7 Å². The minimum absolute atomic E-state index is 0.0541. The molecule has 0 aromatic rings. The van der Waals surface area contributed by atoms with E-state index in [1.165, 1.54) is 0 Å². The fraction of sp³-hybridized carbons (Fsp3) is 1.00. The van der Waals surface area contributed by atoms with Gasteiger partial charge < -0.3 is 94.4 Å². The smallest absolute Gasteiger partial charge is 0.187 e. The van der Waals surface area contributed by atoms with E-state index in [0.717, 1.165) is 32.1 Å². The predicted octanol–water partition coefficient (Wildman–Crippen LogP) is -2.17. The highest BCUT2D eigenvalue weighted by molar-refractivity contribution is 5.15. The van der Waals surface area contributed by atoms with Crippen molar-refractivity contribution < 1.29 is 94.4 Å². The lowest BCUT2D eigenvalue weighted by atomic mass is 9.44. The molecule has 4 saturated heterocycles. The van der Waals surface area contributed by atoms with Crippen molar-refractivity contribution in [2.45, 2.75) is 196 Å². The van der Waals surface area contributed by atoms with E-state index in [1.54, 1.807) is 0 Å². The zero-order valence-corrected chi connectivity index (χ0v) is 36.8. The van der Waals surface area contributed by atoms with Crippen LogP contribution in [-0.2, 0) is 33.2 Å². The molecule has 4 aliphatic carbocycles. The molecule has 0 radical (unpaired) electrons. The summed E-state index contributed by atoms with van der Waals surface area (Å²) in [6.07, 6.45) is -15.3. The zero-order chi connectivity index (χ0) is 45.5. The molecule has 12 N–H and O–H groups in total. The highest BCUT2D eigenvalue weighted by Crippen LogP contribution is 2.71. The van der Waals surface area contributed by atoms with E-state index in [2.05, 4.69) is 20.8 Å². The van der Waals surface area contributed by atoms with Crippen LogP contribution in [0.2, 0.25) is 0 Å². The zero-order valence-electron chi connectivity index (χ0n) is 36.8. The van der Waals surface area contributed by atoms with Gasteiger partial charge in [0.25, 0.3) is 0 Å². The van der Waals surface area contributed by atoms with Gasteiger partial charge in [-0.3, -0.25) is 0 Å². The molecule has 0 amide bonds. The van der Waals surface area contributed by atoms with Crippen LogP contribution < -0.4 is 0 Å². The van der Waals surface area contributed by atoms with Gasteiger partial charge in [0.2, 0.25) is 0 Å². The number of fused-ring (bicyclic) bond motifs is 7. The molecule has 19 heteroatoms. The third-order valence-electron chi connectivity index (χ3n) is 17.6. The van der Waals surface area contributed by atoms with Gasteiger partial charge in [0, 0.05) is 12.3 Å². The maximum atomic E-state index is 12.0. The summed E-state index contributed by atoms with van der Waals surface area (Å²) >= 11 is 0. The summed E-state index contributed by atoms with van der Waals surface area (Å²) in [5, 5.41) is 126. The van der Waals surface area contributed by atoms with Crippen molar-refractivity contribution in [2.75, 3.05) is 26.4 Å². The second kappa shape index (κ2) is 18.6. The monoisotopic (exact) mass is 906 g/mol. The Labute approximate surface area is 368 Å². The van der Waals surface area contributed by atoms with E-state index in [4.69, 9.17) is 33.2 Å². The van der Waals surface area contributed by atoms with Gasteiger partial charge in [-0.15, -0.1) is 0 Å². The summed E-state index contributed by atoms with van der Waals surface area (Å²) in [6.45, 7) is 7.35. The van der Waals surface area contributed by atoms with Crippen molar-refractivity contribution in [3.8, 4) is 0 Å². The van der Waals surface area contributed by atoms with Crippen LogP contribution in [0.25, 0.3) is 0 Å². The molecule has 8 rings (SSSR count). The summed E-state index contributed by atoms with van der Waals surface area (Å²) in [6, 6.07) is 0. The summed E-state index contributed by atoms with van der Waals surface area (Å²) in [5.74, 6) is -0.0512. The highest BCUT2D eigenvalue weighted by atomic mass is 16.8. The Morgan fingerprint density at radius 2 is 1.37 bits per heavy atom. The lowest BCUT2D eigenvalue weighted by Crippen LogP contribution is -2.64. The maximum absolute atomic E-state index is 12.0. The molecule has 0 unspecified atom stereocenters. The van der Waals surface area contributed by atoms with E-state index < -0.39 is 117 Å². The molecule has 63 heavy (non-hydrogen) atoms. The topological polar surface area (TPSA) is 307 Å². The van der Waals surface area contributed by atoms with Crippen LogP contribution in [0.1, 0.15) is 85.5 Å². The Morgan fingerprint density at radius 1 is 0.698 bits per heavy atom. The maximum Gasteiger partial charge on any atom is 0.187 e. The quantitative estimate of drug-likeness (QED) is 0.0928. The van der Waals surface area contributed by atoms with Crippen molar-refractivity contribution in [1.29, 1.82) is 0 Å². The van der Waals surface area contributed by atoms with Crippen molar-refractivity contribution in [3.05, 3.63) is 0 Å². The average molecular weight is 907 g/mol. The van der Waals surface area contributed by atoms with Gasteiger partial charge in [-0.2, -0.15) is 0 Å². The fourth-order valence-electron chi connectivity index (χ4n) is 13.9. The molecule has 0 aromatic heterocycles. The highest BCUT2D eigenvalue weighted by Gasteiger charge is 2.69. The number of rotatable bonds is 12. The third kappa shape index (κ3) is 8.58. The average Bonchev–Trinajstić information content (AvgIpc) is 3.69. The third-order valence-corrected chi connectivity index (χ3v) is 17.6. The lowest BCUT2D eigenvalue weighted by Gasteiger charge is -2.62. The number of ether oxygens (including phenoxy) is 7. The molecule has 4 saturated carbocycles. The predicted molar refractivity (Wildman–Crippen MR) is 214 cm³/mol. The summed E-state index contributed by atoms with van der Waals surface area (Å²) in [4.78, 5) is 0. The van der Waals surface area contributed by atoms with Gasteiger partial charge in [0.15, 0.2) is 24.7 Å². The van der Waals surface area contributed by atoms with Gasteiger partial charge in [-0.1, -0.05) is 27.7 Å². The van der Waals surface area contributed by atoms with Crippen molar-refractivity contribution in [3.63, 3.8) is 0 Å². The van der Waals surface area contributed by atoms with Crippen LogP contribution in [0.4, 0.5) is 0 Å². The van der Waals surface area contributed by atoms with E-state index >= 15 is 0 Å². The van der Waals surface area contributed by atoms with E-state index in [1.807, 2.05) is 6.92 Å². The molecule has 364 valence electrons. The Hall–Kier alpha value is -0.760. The number of hydrogen-bond acceptors (Lipinski definition) is 19. The molecular formula is C44H74O19. The molecule has 0 spiro atoms.